The van der Waals surface area contributed by atoms with Gasteiger partial charge in [0.2, 0.25) is 10.6 Å². The van der Waals surface area contributed by atoms with Gasteiger partial charge in [-0.15, -0.1) is 0 Å². The summed E-state index contributed by atoms with van der Waals surface area (Å²) in [6.45, 7) is 0. The van der Waals surface area contributed by atoms with Crippen LogP contribution >= 0.6 is 57.4 Å². The second-order valence-corrected chi connectivity index (χ2v) is 8.56. The third-order valence-corrected chi connectivity index (χ3v) is 5.62. The molecule has 10 heteroatoms. The van der Waals surface area contributed by atoms with Crippen LogP contribution in [0, 0.1) is 11.9 Å². The molecule has 0 fully saturated rings. The van der Waals surface area contributed by atoms with Crippen molar-refractivity contribution < 1.29 is 5.11 Å². The maximum atomic E-state index is 10.3. The number of nitrogens with zero attached hydrogens (tertiary/aromatic N) is 4. The Morgan fingerprint density at radius 3 is 2.64 bits per heavy atom. The number of hydrogen-bond donors (Lipinski definition) is 3. The van der Waals surface area contributed by atoms with E-state index in [1.807, 2.05) is 48.5 Å². The Kier molecular flexibility index (Phi) is 5.59. The van der Waals surface area contributed by atoms with E-state index in [1.165, 1.54) is 4.68 Å². The monoisotopic (exact) mass is 614 g/mol. The van der Waals surface area contributed by atoms with Crippen LogP contribution in [0.3, 0.4) is 0 Å². The van der Waals surface area contributed by atoms with Crippen molar-refractivity contribution >= 4 is 63.6 Å². The van der Waals surface area contributed by atoms with Crippen LogP contribution in [0.1, 0.15) is 5.56 Å². The van der Waals surface area contributed by atoms with E-state index in [0.29, 0.717) is 21.9 Å². The minimum Gasteiger partial charge on any atom is -0.506 e. The number of phenols is 1. The highest BCUT2D eigenvalue weighted by Crippen LogP contribution is 2.26. The lowest BCUT2D eigenvalue weighted by Gasteiger charge is -2.03. The molecule has 0 aliphatic heterocycles. The van der Waals surface area contributed by atoms with Crippen molar-refractivity contribution in [3.63, 3.8) is 0 Å². The van der Waals surface area contributed by atoms with Crippen LogP contribution in [0.2, 0.25) is 0 Å². The van der Waals surface area contributed by atoms with Crippen molar-refractivity contribution in [3.8, 4) is 28.5 Å². The zero-order valence-electron chi connectivity index (χ0n) is 14.1. The summed E-state index contributed by atoms with van der Waals surface area (Å²) in [5, 5.41) is 29.0. The van der Waals surface area contributed by atoms with Gasteiger partial charge in [0, 0.05) is 14.7 Å². The average molecular weight is 614 g/mol. The van der Waals surface area contributed by atoms with Crippen LogP contribution in [0.4, 0.5) is 0 Å². The standard InChI is InChI=1S/C18H12I2N6OS/c19-12-6-11(16(27)13(20)7-12)9-21-26-17(24-25-18(26)28)15-8-14(22-23-15)10-4-2-1-3-5-10/h1-9,27H,(H,22,23)(H,25,28)/b21-9+. The molecular weight excluding hydrogens is 602 g/mol. The van der Waals surface area contributed by atoms with Crippen LogP contribution in [-0.2, 0) is 0 Å². The molecule has 2 heterocycles. The van der Waals surface area contributed by atoms with Gasteiger partial charge >= 0.3 is 0 Å². The smallest absolute Gasteiger partial charge is 0.216 e. The largest absolute Gasteiger partial charge is 0.506 e. The molecule has 0 unspecified atom stereocenters. The van der Waals surface area contributed by atoms with Crippen LogP contribution in [-0.4, -0.2) is 36.4 Å². The number of benzene rings is 2. The maximum Gasteiger partial charge on any atom is 0.216 e. The van der Waals surface area contributed by atoms with E-state index in [1.54, 1.807) is 6.21 Å². The van der Waals surface area contributed by atoms with Gasteiger partial charge in [-0.25, -0.2) is 5.10 Å². The Hall–Kier alpha value is -2.06. The number of aromatic hydroxyl groups is 1. The number of halogens is 2. The summed E-state index contributed by atoms with van der Waals surface area (Å²) in [6, 6.07) is 15.5. The maximum absolute atomic E-state index is 10.3. The molecule has 0 radical (unpaired) electrons. The summed E-state index contributed by atoms with van der Waals surface area (Å²) in [4.78, 5) is 0. The van der Waals surface area contributed by atoms with Crippen LogP contribution in [0.25, 0.3) is 22.8 Å². The summed E-state index contributed by atoms with van der Waals surface area (Å²) in [5.41, 5.74) is 3.06. The van der Waals surface area contributed by atoms with E-state index in [0.717, 1.165) is 18.4 Å². The van der Waals surface area contributed by atoms with E-state index in [-0.39, 0.29) is 5.75 Å². The van der Waals surface area contributed by atoms with Crippen molar-refractivity contribution in [2.75, 3.05) is 0 Å². The summed E-state index contributed by atoms with van der Waals surface area (Å²) >= 11 is 9.58. The Balaban J connectivity index is 1.72. The zero-order chi connectivity index (χ0) is 19.7. The SMILES string of the molecule is Oc1c(I)cc(I)cc1/C=N/n1c(-c2cc(-c3ccccc3)n[nH]2)n[nH]c1=S. The molecule has 2 aromatic heterocycles. The summed E-state index contributed by atoms with van der Waals surface area (Å²) in [6.07, 6.45) is 1.56. The van der Waals surface area contributed by atoms with Crippen LogP contribution in [0.5, 0.6) is 5.75 Å². The van der Waals surface area contributed by atoms with E-state index in [2.05, 4.69) is 70.7 Å². The molecule has 3 N–H and O–H groups in total. The third-order valence-electron chi connectivity index (χ3n) is 3.91. The Morgan fingerprint density at radius 1 is 1.07 bits per heavy atom. The predicted molar refractivity (Wildman–Crippen MR) is 127 cm³/mol. The van der Waals surface area contributed by atoms with Gasteiger partial charge in [-0.3, -0.25) is 5.10 Å². The number of phenolic OH excluding ortho intramolecular Hbond substituents is 1. The summed E-state index contributed by atoms with van der Waals surface area (Å²) in [7, 11) is 0. The fourth-order valence-corrected chi connectivity index (χ4v) is 4.64. The van der Waals surface area contributed by atoms with Gasteiger partial charge in [0.15, 0.2) is 0 Å². The highest BCUT2D eigenvalue weighted by molar-refractivity contribution is 14.1. The number of rotatable bonds is 4. The molecule has 0 bridgehead atoms. The van der Waals surface area contributed by atoms with Gasteiger partial charge < -0.3 is 5.11 Å². The van der Waals surface area contributed by atoms with Crippen molar-refractivity contribution in [1.29, 1.82) is 0 Å². The van der Waals surface area contributed by atoms with Gasteiger partial charge in [-0.2, -0.15) is 20.0 Å². The molecule has 28 heavy (non-hydrogen) atoms. The Morgan fingerprint density at radius 2 is 1.86 bits per heavy atom. The molecule has 0 saturated heterocycles. The molecule has 2 aromatic carbocycles. The second-order valence-electron chi connectivity index (χ2n) is 5.77. The molecular formula is C18H12I2N6OS. The minimum atomic E-state index is 0.175. The molecule has 0 aliphatic rings. The Bertz CT molecular complexity index is 1230. The molecule has 0 atom stereocenters. The number of hydrogen-bond acceptors (Lipinski definition) is 5. The average Bonchev–Trinajstić information content (AvgIpc) is 3.31. The molecule has 0 amide bonds. The highest BCUT2D eigenvalue weighted by atomic mass is 127. The highest BCUT2D eigenvalue weighted by Gasteiger charge is 2.13. The fourth-order valence-electron chi connectivity index (χ4n) is 2.57. The zero-order valence-corrected chi connectivity index (χ0v) is 19.2. The molecule has 4 aromatic rings. The third kappa shape index (κ3) is 3.89. The number of aromatic amines is 2. The van der Waals surface area contributed by atoms with Crippen molar-refractivity contribution in [3.05, 3.63) is 66.0 Å². The van der Waals surface area contributed by atoms with Crippen molar-refractivity contribution in [2.24, 2.45) is 5.10 Å². The summed E-state index contributed by atoms with van der Waals surface area (Å²) < 4.78 is 3.58. The first-order valence-electron chi connectivity index (χ1n) is 8.04. The number of aromatic nitrogens is 5. The van der Waals surface area contributed by atoms with Crippen LogP contribution in [0.15, 0.2) is 53.6 Å². The normalized spacial score (nSPS) is 11.4. The topological polar surface area (TPSA) is 94.9 Å². The van der Waals surface area contributed by atoms with E-state index >= 15 is 0 Å². The molecule has 140 valence electrons. The Labute approximate surface area is 192 Å². The molecule has 4 rings (SSSR count). The van der Waals surface area contributed by atoms with E-state index < -0.39 is 0 Å². The van der Waals surface area contributed by atoms with Gasteiger partial charge in [0.25, 0.3) is 0 Å². The lowest BCUT2D eigenvalue weighted by molar-refractivity contribution is 0.470. The van der Waals surface area contributed by atoms with E-state index in [4.69, 9.17) is 12.2 Å². The first-order chi connectivity index (χ1) is 13.5. The summed E-state index contributed by atoms with van der Waals surface area (Å²) in [5.74, 6) is 0.671. The van der Waals surface area contributed by atoms with E-state index in [9.17, 15) is 5.11 Å². The lowest BCUT2D eigenvalue weighted by Crippen LogP contribution is -1.96. The van der Waals surface area contributed by atoms with Gasteiger partial charge in [-0.1, -0.05) is 30.3 Å². The fraction of sp³-hybridized carbons (Fsp3) is 0. The molecule has 0 saturated carbocycles. The molecule has 0 aliphatic carbocycles. The van der Waals surface area contributed by atoms with Gasteiger partial charge in [0.1, 0.15) is 11.4 Å². The van der Waals surface area contributed by atoms with Crippen molar-refractivity contribution in [1.82, 2.24) is 25.1 Å². The predicted octanol–water partition coefficient (Wildman–Crippen LogP) is 4.79. The number of nitrogens with one attached hydrogen (secondary N) is 2. The van der Waals surface area contributed by atoms with Gasteiger partial charge in [-0.05, 0) is 75.6 Å². The minimum absolute atomic E-state index is 0.175. The second kappa shape index (κ2) is 8.13. The van der Waals surface area contributed by atoms with Gasteiger partial charge in [0.05, 0.1) is 15.5 Å². The van der Waals surface area contributed by atoms with Crippen LogP contribution < -0.4 is 0 Å². The lowest BCUT2D eigenvalue weighted by atomic mass is 10.1. The number of H-pyrrole nitrogens is 2. The quantitative estimate of drug-likeness (QED) is 0.175. The molecule has 7 nitrogen and oxygen atoms in total. The molecule has 0 spiro atoms. The van der Waals surface area contributed by atoms with Crippen molar-refractivity contribution in [2.45, 2.75) is 0 Å². The first kappa shape index (κ1) is 19.3. The first-order valence-corrected chi connectivity index (χ1v) is 10.6.